The first-order valence-corrected chi connectivity index (χ1v) is 6.28. The Labute approximate surface area is 120 Å². The molecule has 0 aliphatic heterocycles. The molecule has 19 heavy (non-hydrogen) atoms. The van der Waals surface area contributed by atoms with Gasteiger partial charge in [-0.05, 0) is 42.8 Å². The molecule has 98 valence electrons. The van der Waals surface area contributed by atoms with Crippen LogP contribution in [0.4, 0.5) is 5.69 Å². The van der Waals surface area contributed by atoms with Gasteiger partial charge in [0.25, 0.3) is 5.91 Å². The van der Waals surface area contributed by atoms with Crippen molar-refractivity contribution in [1.29, 1.82) is 0 Å². The molecule has 2 N–H and O–H groups in total. The number of hydrogen-bond acceptors (Lipinski definition) is 2. The van der Waals surface area contributed by atoms with E-state index in [1.54, 1.807) is 24.3 Å². The van der Waals surface area contributed by atoms with E-state index in [1.165, 1.54) is 12.1 Å². The molecule has 3 nitrogen and oxygen atoms in total. The van der Waals surface area contributed by atoms with Crippen LogP contribution in [0.2, 0.25) is 10.0 Å². The van der Waals surface area contributed by atoms with E-state index in [0.29, 0.717) is 16.3 Å². The summed E-state index contributed by atoms with van der Waals surface area (Å²) in [5.74, 6) is -0.380. The summed E-state index contributed by atoms with van der Waals surface area (Å²) in [7, 11) is 0. The SMILES string of the molecule is Cc1cc(Cl)cc(C(=O)Nc2ccc(Cl)c(O)c2)c1. The Balaban J connectivity index is 2.22. The van der Waals surface area contributed by atoms with Gasteiger partial charge in [-0.15, -0.1) is 0 Å². The molecular weight excluding hydrogens is 285 g/mol. The molecule has 0 radical (unpaired) electrons. The third-order valence-corrected chi connectivity index (χ3v) is 3.05. The number of aryl methyl sites for hydroxylation is 1. The van der Waals surface area contributed by atoms with Crippen LogP contribution in [0.1, 0.15) is 15.9 Å². The van der Waals surface area contributed by atoms with Crippen LogP contribution in [-0.2, 0) is 0 Å². The molecule has 0 aliphatic carbocycles. The lowest BCUT2D eigenvalue weighted by molar-refractivity contribution is 0.102. The Bertz CT molecular complexity index is 621. The number of phenolic OH excluding ortho intramolecular Hbond substituents is 1. The van der Waals surface area contributed by atoms with Gasteiger partial charge >= 0.3 is 0 Å². The van der Waals surface area contributed by atoms with E-state index < -0.39 is 0 Å². The first-order valence-electron chi connectivity index (χ1n) is 5.53. The smallest absolute Gasteiger partial charge is 0.255 e. The summed E-state index contributed by atoms with van der Waals surface area (Å²) in [5, 5.41) is 12.9. The van der Waals surface area contributed by atoms with Gasteiger partial charge in [0, 0.05) is 22.3 Å². The topological polar surface area (TPSA) is 49.3 Å². The molecule has 0 fully saturated rings. The Morgan fingerprint density at radius 1 is 1.16 bits per heavy atom. The van der Waals surface area contributed by atoms with Gasteiger partial charge in [0.05, 0.1) is 5.02 Å². The average Bonchev–Trinajstić information content (AvgIpc) is 2.32. The van der Waals surface area contributed by atoms with Gasteiger partial charge in [0.1, 0.15) is 5.75 Å². The second kappa shape index (κ2) is 5.51. The highest BCUT2D eigenvalue weighted by Gasteiger charge is 2.09. The predicted molar refractivity (Wildman–Crippen MR) is 77.3 cm³/mol. The first-order chi connectivity index (χ1) is 8.95. The standard InChI is InChI=1S/C14H11Cl2NO2/c1-8-4-9(6-10(15)5-8)14(19)17-11-2-3-12(16)13(18)7-11/h2-7,18H,1H3,(H,17,19). The maximum Gasteiger partial charge on any atom is 0.255 e. The molecule has 0 aliphatic rings. The van der Waals surface area contributed by atoms with E-state index in [1.807, 2.05) is 6.92 Å². The summed E-state index contributed by atoms with van der Waals surface area (Å²) in [6, 6.07) is 9.59. The number of amides is 1. The normalized spacial score (nSPS) is 10.3. The Morgan fingerprint density at radius 3 is 2.53 bits per heavy atom. The summed E-state index contributed by atoms with van der Waals surface area (Å²) in [4.78, 5) is 12.0. The van der Waals surface area contributed by atoms with E-state index in [0.717, 1.165) is 5.56 Å². The van der Waals surface area contributed by atoms with Crippen LogP contribution in [0, 0.1) is 6.92 Å². The lowest BCUT2D eigenvalue weighted by Crippen LogP contribution is -2.12. The monoisotopic (exact) mass is 295 g/mol. The second-order valence-electron chi connectivity index (χ2n) is 4.14. The van der Waals surface area contributed by atoms with Gasteiger partial charge in [0.15, 0.2) is 0 Å². The van der Waals surface area contributed by atoms with Crippen LogP contribution in [0.3, 0.4) is 0 Å². The zero-order valence-electron chi connectivity index (χ0n) is 10.1. The summed E-state index contributed by atoms with van der Waals surface area (Å²) in [5.41, 5.74) is 1.82. The fourth-order valence-corrected chi connectivity index (χ4v) is 2.07. The quantitative estimate of drug-likeness (QED) is 0.870. The van der Waals surface area contributed by atoms with Crippen LogP contribution in [0.15, 0.2) is 36.4 Å². The molecule has 1 amide bonds. The van der Waals surface area contributed by atoms with Crippen molar-refractivity contribution in [2.24, 2.45) is 0 Å². The number of anilines is 1. The third-order valence-electron chi connectivity index (χ3n) is 2.51. The molecule has 2 rings (SSSR count). The summed E-state index contributed by atoms with van der Waals surface area (Å²) < 4.78 is 0. The zero-order chi connectivity index (χ0) is 14.0. The van der Waals surface area contributed by atoms with E-state index in [2.05, 4.69) is 5.32 Å². The fraction of sp³-hybridized carbons (Fsp3) is 0.0714. The van der Waals surface area contributed by atoms with Crippen LogP contribution in [-0.4, -0.2) is 11.0 Å². The lowest BCUT2D eigenvalue weighted by Gasteiger charge is -2.07. The van der Waals surface area contributed by atoms with Gasteiger partial charge in [0.2, 0.25) is 0 Å². The highest BCUT2D eigenvalue weighted by Crippen LogP contribution is 2.26. The van der Waals surface area contributed by atoms with Crippen molar-refractivity contribution in [2.75, 3.05) is 5.32 Å². The van der Waals surface area contributed by atoms with Crippen LogP contribution < -0.4 is 5.32 Å². The molecule has 0 saturated heterocycles. The van der Waals surface area contributed by atoms with Crippen LogP contribution in [0.5, 0.6) is 5.75 Å². The first kappa shape index (κ1) is 13.7. The highest BCUT2D eigenvalue weighted by atomic mass is 35.5. The van der Waals surface area contributed by atoms with Gasteiger partial charge in [-0.3, -0.25) is 4.79 Å². The predicted octanol–water partition coefficient (Wildman–Crippen LogP) is 4.26. The molecule has 0 heterocycles. The minimum atomic E-state index is -0.299. The van der Waals surface area contributed by atoms with E-state index in [9.17, 15) is 9.90 Å². The van der Waals surface area contributed by atoms with Crippen molar-refractivity contribution in [3.05, 3.63) is 57.6 Å². The van der Waals surface area contributed by atoms with Gasteiger partial charge < -0.3 is 10.4 Å². The zero-order valence-corrected chi connectivity index (χ0v) is 11.6. The fourth-order valence-electron chi connectivity index (χ4n) is 1.66. The molecule has 0 spiro atoms. The van der Waals surface area contributed by atoms with Gasteiger partial charge in [-0.1, -0.05) is 23.2 Å². The van der Waals surface area contributed by atoms with Crippen LogP contribution >= 0.6 is 23.2 Å². The number of rotatable bonds is 2. The summed E-state index contributed by atoms with van der Waals surface area (Å²) in [6.07, 6.45) is 0. The molecule has 0 bridgehead atoms. The third kappa shape index (κ3) is 3.40. The highest BCUT2D eigenvalue weighted by molar-refractivity contribution is 6.32. The average molecular weight is 296 g/mol. The Hall–Kier alpha value is -1.71. The van der Waals surface area contributed by atoms with E-state index in [4.69, 9.17) is 23.2 Å². The maximum atomic E-state index is 12.0. The van der Waals surface area contributed by atoms with Crippen molar-refractivity contribution in [3.63, 3.8) is 0 Å². The van der Waals surface area contributed by atoms with Crippen molar-refractivity contribution < 1.29 is 9.90 Å². The van der Waals surface area contributed by atoms with Crippen molar-refractivity contribution >= 4 is 34.8 Å². The number of carbonyl (C=O) groups is 1. The molecule has 2 aromatic rings. The Morgan fingerprint density at radius 2 is 1.89 bits per heavy atom. The lowest BCUT2D eigenvalue weighted by atomic mass is 10.1. The number of aromatic hydroxyl groups is 1. The number of benzene rings is 2. The van der Waals surface area contributed by atoms with Gasteiger partial charge in [-0.2, -0.15) is 0 Å². The second-order valence-corrected chi connectivity index (χ2v) is 4.98. The number of carbonyl (C=O) groups excluding carboxylic acids is 1. The van der Waals surface area contributed by atoms with Crippen molar-refractivity contribution in [1.82, 2.24) is 0 Å². The molecular formula is C14H11Cl2NO2. The van der Waals surface area contributed by atoms with E-state index in [-0.39, 0.29) is 16.7 Å². The largest absolute Gasteiger partial charge is 0.506 e. The molecule has 2 aromatic carbocycles. The summed E-state index contributed by atoms with van der Waals surface area (Å²) in [6.45, 7) is 1.86. The number of halogens is 2. The summed E-state index contributed by atoms with van der Waals surface area (Å²) >= 11 is 11.6. The number of nitrogens with one attached hydrogen (secondary N) is 1. The molecule has 0 atom stereocenters. The number of phenols is 1. The molecule has 0 saturated carbocycles. The van der Waals surface area contributed by atoms with Crippen LogP contribution in [0.25, 0.3) is 0 Å². The van der Waals surface area contributed by atoms with Crippen molar-refractivity contribution in [3.8, 4) is 5.75 Å². The maximum absolute atomic E-state index is 12.0. The molecule has 5 heteroatoms. The minimum absolute atomic E-state index is 0.0817. The minimum Gasteiger partial charge on any atom is -0.506 e. The molecule has 0 unspecified atom stereocenters. The van der Waals surface area contributed by atoms with Gasteiger partial charge in [-0.25, -0.2) is 0 Å². The molecule has 0 aromatic heterocycles. The number of hydrogen-bond donors (Lipinski definition) is 2. The van der Waals surface area contributed by atoms with E-state index >= 15 is 0 Å². The van der Waals surface area contributed by atoms with Crippen molar-refractivity contribution in [2.45, 2.75) is 6.92 Å². The Kier molecular flexibility index (Phi) is 3.98.